The van der Waals surface area contributed by atoms with E-state index in [1.54, 1.807) is 18.1 Å². The lowest BCUT2D eigenvalue weighted by molar-refractivity contribution is 0.0677. The Morgan fingerprint density at radius 2 is 2.41 bits per heavy atom. The minimum Gasteiger partial charge on any atom is -0.505 e. The summed E-state index contributed by atoms with van der Waals surface area (Å²) in [4.78, 5) is 17.8. The van der Waals surface area contributed by atoms with E-state index in [9.17, 15) is 9.90 Å². The molecule has 1 aromatic rings. The molecule has 0 bridgehead atoms. The highest BCUT2D eigenvalue weighted by molar-refractivity contribution is 5.97. The molecule has 1 N–H and O–H groups in total. The van der Waals surface area contributed by atoms with Gasteiger partial charge in [0.05, 0.1) is 18.4 Å². The second kappa shape index (κ2) is 5.14. The van der Waals surface area contributed by atoms with Crippen molar-refractivity contribution in [3.05, 3.63) is 24.0 Å². The molecule has 2 rings (SSSR count). The number of methoxy groups -OCH3 is 1. The van der Waals surface area contributed by atoms with Crippen LogP contribution in [-0.2, 0) is 4.74 Å². The molecule has 1 saturated carbocycles. The van der Waals surface area contributed by atoms with Gasteiger partial charge in [-0.15, -0.1) is 0 Å². The number of rotatable bonds is 5. The van der Waals surface area contributed by atoms with Crippen molar-refractivity contribution in [1.82, 2.24) is 9.88 Å². The van der Waals surface area contributed by atoms with Crippen LogP contribution in [0.3, 0.4) is 0 Å². The number of ether oxygens (including phenoxy) is 1. The molecule has 0 saturated heterocycles. The van der Waals surface area contributed by atoms with Crippen LogP contribution in [0.2, 0.25) is 0 Å². The first-order chi connectivity index (χ1) is 8.24. The quantitative estimate of drug-likeness (QED) is 0.829. The zero-order chi connectivity index (χ0) is 12.3. The Kier molecular flexibility index (Phi) is 3.58. The summed E-state index contributed by atoms with van der Waals surface area (Å²) in [5.41, 5.74) is 0.308. The maximum atomic E-state index is 12.2. The summed E-state index contributed by atoms with van der Waals surface area (Å²) < 4.78 is 5.00. The fourth-order valence-electron chi connectivity index (χ4n) is 1.75. The number of carbonyl (C=O) groups is 1. The molecule has 5 heteroatoms. The Labute approximate surface area is 100 Å². The van der Waals surface area contributed by atoms with Crippen LogP contribution in [0, 0.1) is 0 Å². The Morgan fingerprint density at radius 1 is 1.65 bits per heavy atom. The van der Waals surface area contributed by atoms with Crippen molar-refractivity contribution >= 4 is 5.91 Å². The van der Waals surface area contributed by atoms with Gasteiger partial charge in [0.25, 0.3) is 5.91 Å². The van der Waals surface area contributed by atoms with Crippen molar-refractivity contribution in [2.24, 2.45) is 0 Å². The molecular formula is C12H16N2O3. The van der Waals surface area contributed by atoms with Crippen LogP contribution in [0.1, 0.15) is 23.2 Å². The normalized spacial score (nSPS) is 14.6. The largest absolute Gasteiger partial charge is 0.505 e. The third kappa shape index (κ3) is 2.74. The summed E-state index contributed by atoms with van der Waals surface area (Å²) in [6.45, 7) is 1.07. The fourth-order valence-corrected chi connectivity index (χ4v) is 1.75. The number of carbonyl (C=O) groups excluding carboxylic acids is 1. The van der Waals surface area contributed by atoms with Gasteiger partial charge in [-0.25, -0.2) is 0 Å². The van der Waals surface area contributed by atoms with E-state index in [-0.39, 0.29) is 11.7 Å². The minimum absolute atomic E-state index is 0.0689. The highest BCUT2D eigenvalue weighted by atomic mass is 16.5. The van der Waals surface area contributed by atoms with E-state index >= 15 is 0 Å². The number of nitrogens with zero attached hydrogens (tertiary/aromatic N) is 2. The number of amides is 1. The molecule has 1 aromatic heterocycles. The molecule has 0 unspecified atom stereocenters. The number of aromatic hydroxyl groups is 1. The van der Waals surface area contributed by atoms with E-state index in [0.717, 1.165) is 12.8 Å². The molecule has 0 spiro atoms. The summed E-state index contributed by atoms with van der Waals surface area (Å²) in [5.74, 6) is -0.218. The summed E-state index contributed by atoms with van der Waals surface area (Å²) in [5, 5.41) is 9.62. The second-order valence-corrected chi connectivity index (χ2v) is 4.12. The molecule has 92 valence electrons. The van der Waals surface area contributed by atoms with Crippen molar-refractivity contribution in [3.8, 4) is 5.75 Å². The van der Waals surface area contributed by atoms with Crippen molar-refractivity contribution in [2.45, 2.75) is 18.9 Å². The first kappa shape index (κ1) is 11.9. The van der Waals surface area contributed by atoms with Crippen molar-refractivity contribution in [3.63, 3.8) is 0 Å². The van der Waals surface area contributed by atoms with Gasteiger partial charge in [-0.2, -0.15) is 0 Å². The van der Waals surface area contributed by atoms with Crippen LogP contribution < -0.4 is 0 Å². The third-order valence-electron chi connectivity index (χ3n) is 2.82. The molecule has 0 atom stereocenters. The molecule has 1 aliphatic carbocycles. The van der Waals surface area contributed by atoms with Gasteiger partial charge in [0.1, 0.15) is 5.75 Å². The predicted octanol–water partition coefficient (Wildman–Crippen LogP) is 1.04. The molecule has 0 radical (unpaired) electrons. The first-order valence-electron chi connectivity index (χ1n) is 5.67. The molecule has 17 heavy (non-hydrogen) atoms. The molecule has 1 amide bonds. The van der Waals surface area contributed by atoms with Gasteiger partial charge in [-0.3, -0.25) is 9.78 Å². The average Bonchev–Trinajstić information content (AvgIpc) is 3.14. The Hall–Kier alpha value is -1.62. The maximum Gasteiger partial charge on any atom is 0.258 e. The SMILES string of the molecule is COCCN(C(=O)c1ccncc1O)C1CC1. The summed E-state index contributed by atoms with van der Waals surface area (Å²) in [6, 6.07) is 1.84. The zero-order valence-electron chi connectivity index (χ0n) is 9.80. The van der Waals surface area contributed by atoms with E-state index in [1.165, 1.54) is 12.4 Å². The molecule has 0 aromatic carbocycles. The average molecular weight is 236 g/mol. The Balaban J connectivity index is 2.13. The topological polar surface area (TPSA) is 62.7 Å². The summed E-state index contributed by atoms with van der Waals surface area (Å²) in [7, 11) is 1.61. The maximum absolute atomic E-state index is 12.2. The first-order valence-corrected chi connectivity index (χ1v) is 5.67. The molecule has 1 fully saturated rings. The minimum atomic E-state index is -0.149. The van der Waals surface area contributed by atoms with Crippen LogP contribution in [-0.4, -0.2) is 47.2 Å². The molecule has 0 aliphatic heterocycles. The van der Waals surface area contributed by atoms with Gasteiger partial charge in [0.2, 0.25) is 0 Å². The number of aromatic nitrogens is 1. The second-order valence-electron chi connectivity index (χ2n) is 4.12. The smallest absolute Gasteiger partial charge is 0.258 e. The van der Waals surface area contributed by atoms with Gasteiger partial charge in [0, 0.05) is 25.9 Å². The van der Waals surface area contributed by atoms with E-state index in [1.807, 2.05) is 0 Å². The van der Waals surface area contributed by atoms with Crippen LogP contribution in [0.25, 0.3) is 0 Å². The van der Waals surface area contributed by atoms with E-state index < -0.39 is 0 Å². The summed E-state index contributed by atoms with van der Waals surface area (Å²) >= 11 is 0. The van der Waals surface area contributed by atoms with E-state index in [2.05, 4.69) is 4.98 Å². The van der Waals surface area contributed by atoms with Gasteiger partial charge in [0.15, 0.2) is 0 Å². The lowest BCUT2D eigenvalue weighted by atomic mass is 10.2. The molecular weight excluding hydrogens is 220 g/mol. The van der Waals surface area contributed by atoms with Crippen LogP contribution in [0.15, 0.2) is 18.5 Å². The van der Waals surface area contributed by atoms with E-state index in [4.69, 9.17) is 4.74 Å². The Bertz CT molecular complexity index is 404. The van der Waals surface area contributed by atoms with Crippen molar-refractivity contribution < 1.29 is 14.6 Å². The van der Waals surface area contributed by atoms with Gasteiger partial charge in [-0.1, -0.05) is 0 Å². The van der Waals surface area contributed by atoms with Crippen molar-refractivity contribution in [2.75, 3.05) is 20.3 Å². The highest BCUT2D eigenvalue weighted by Gasteiger charge is 2.33. The van der Waals surface area contributed by atoms with Gasteiger partial charge >= 0.3 is 0 Å². The number of hydrogen-bond donors (Lipinski definition) is 1. The van der Waals surface area contributed by atoms with Crippen LogP contribution in [0.4, 0.5) is 0 Å². The number of hydrogen-bond acceptors (Lipinski definition) is 4. The predicted molar refractivity (Wildman–Crippen MR) is 61.8 cm³/mol. The lowest BCUT2D eigenvalue weighted by Gasteiger charge is -2.22. The van der Waals surface area contributed by atoms with Crippen molar-refractivity contribution in [1.29, 1.82) is 0 Å². The standard InChI is InChI=1S/C12H16N2O3/c1-17-7-6-14(9-2-3-9)12(16)10-4-5-13-8-11(10)15/h4-5,8-9,15H,2-3,6-7H2,1H3. The highest BCUT2D eigenvalue weighted by Crippen LogP contribution is 2.29. The number of pyridine rings is 1. The van der Waals surface area contributed by atoms with Crippen LogP contribution in [0.5, 0.6) is 5.75 Å². The fraction of sp³-hybridized carbons (Fsp3) is 0.500. The summed E-state index contributed by atoms with van der Waals surface area (Å²) in [6.07, 6.45) is 4.85. The molecule has 1 aliphatic rings. The Morgan fingerprint density at radius 3 is 3.00 bits per heavy atom. The van der Waals surface area contributed by atoms with E-state index in [0.29, 0.717) is 24.8 Å². The van der Waals surface area contributed by atoms with Gasteiger partial charge in [-0.05, 0) is 18.9 Å². The van der Waals surface area contributed by atoms with Gasteiger partial charge < -0.3 is 14.7 Å². The monoisotopic (exact) mass is 236 g/mol. The lowest BCUT2D eigenvalue weighted by Crippen LogP contribution is -2.35. The third-order valence-corrected chi connectivity index (χ3v) is 2.82. The molecule has 1 heterocycles. The van der Waals surface area contributed by atoms with Crippen LogP contribution >= 0.6 is 0 Å². The molecule has 5 nitrogen and oxygen atoms in total. The zero-order valence-corrected chi connectivity index (χ0v) is 9.80.